The molecule has 1 amide bonds. The molecule has 2 rings (SSSR count). The number of thioether (sulfide) groups is 1. The van der Waals surface area contributed by atoms with Crippen molar-refractivity contribution in [3.63, 3.8) is 0 Å². The van der Waals surface area contributed by atoms with Crippen LogP contribution in [0.15, 0.2) is 76.8 Å². The highest BCUT2D eigenvalue weighted by atomic mass is 32.2. The molecule has 0 fully saturated rings. The van der Waals surface area contributed by atoms with Crippen molar-refractivity contribution in [2.24, 2.45) is 10.7 Å². The van der Waals surface area contributed by atoms with Crippen LogP contribution in [0.25, 0.3) is 0 Å². The lowest BCUT2D eigenvalue weighted by Crippen LogP contribution is -2.38. The van der Waals surface area contributed by atoms with E-state index in [1.54, 1.807) is 6.20 Å². The van der Waals surface area contributed by atoms with Crippen LogP contribution >= 0.6 is 11.8 Å². The summed E-state index contributed by atoms with van der Waals surface area (Å²) in [4.78, 5) is 16.9. The van der Waals surface area contributed by atoms with Crippen LogP contribution in [0.1, 0.15) is 24.0 Å². The van der Waals surface area contributed by atoms with E-state index in [4.69, 9.17) is 10.5 Å². The summed E-state index contributed by atoms with van der Waals surface area (Å²) in [6, 6.07) is 20.3. The van der Waals surface area contributed by atoms with Gasteiger partial charge in [0.15, 0.2) is 0 Å². The molecule has 0 bridgehead atoms. The van der Waals surface area contributed by atoms with E-state index >= 15 is 0 Å². The van der Waals surface area contributed by atoms with E-state index in [1.165, 1.54) is 22.9 Å². The third-order valence-corrected chi connectivity index (χ3v) is 5.46. The fourth-order valence-electron chi connectivity index (χ4n) is 3.15. The molecule has 0 saturated carbocycles. The van der Waals surface area contributed by atoms with Crippen molar-refractivity contribution in [2.75, 3.05) is 12.9 Å². The van der Waals surface area contributed by atoms with Gasteiger partial charge >= 0.3 is 6.09 Å². The number of rotatable bonds is 12. The maximum atomic E-state index is 12.4. The molecular formula is C24H31N3O2S. The normalized spacial score (nSPS) is 13.3. The summed E-state index contributed by atoms with van der Waals surface area (Å²) in [5.41, 5.74) is 8.75. The highest BCUT2D eigenvalue weighted by Gasteiger charge is 2.16. The van der Waals surface area contributed by atoms with Gasteiger partial charge in [0, 0.05) is 23.2 Å². The van der Waals surface area contributed by atoms with Crippen molar-refractivity contribution in [1.82, 2.24) is 5.32 Å². The minimum atomic E-state index is -0.434. The number of carbonyl (C=O) groups is 1. The first-order valence-corrected chi connectivity index (χ1v) is 11.3. The van der Waals surface area contributed by atoms with Crippen LogP contribution in [-0.2, 0) is 17.6 Å². The van der Waals surface area contributed by atoms with Crippen molar-refractivity contribution < 1.29 is 9.53 Å². The summed E-state index contributed by atoms with van der Waals surface area (Å²) in [6.45, 7) is 3.61. The van der Waals surface area contributed by atoms with Gasteiger partial charge in [0.1, 0.15) is 6.61 Å². The SMILES string of the molecule is C=N/C=C(/COC(=O)NC(CCC(N)Cc1ccccc1)Cc1ccccc1)SC. The number of carbonyl (C=O) groups excluding carboxylic acids is 1. The third kappa shape index (κ3) is 9.29. The van der Waals surface area contributed by atoms with Crippen molar-refractivity contribution in [2.45, 2.75) is 37.8 Å². The maximum absolute atomic E-state index is 12.4. The largest absolute Gasteiger partial charge is 0.444 e. The van der Waals surface area contributed by atoms with Gasteiger partial charge in [0.05, 0.1) is 0 Å². The Morgan fingerprint density at radius 2 is 1.70 bits per heavy atom. The highest BCUT2D eigenvalue weighted by Crippen LogP contribution is 2.14. The summed E-state index contributed by atoms with van der Waals surface area (Å²) in [6.07, 6.45) is 6.21. The Bertz CT molecular complexity index is 797. The number of amides is 1. The Morgan fingerprint density at radius 1 is 1.10 bits per heavy atom. The first-order chi connectivity index (χ1) is 14.6. The molecule has 2 atom stereocenters. The second-order valence-electron chi connectivity index (χ2n) is 7.12. The summed E-state index contributed by atoms with van der Waals surface area (Å²) in [5.74, 6) is 0. The van der Waals surface area contributed by atoms with Crippen LogP contribution in [0.3, 0.4) is 0 Å². The van der Waals surface area contributed by atoms with Crippen molar-refractivity contribution >= 4 is 24.6 Å². The predicted molar refractivity (Wildman–Crippen MR) is 127 cm³/mol. The number of ether oxygens (including phenoxy) is 1. The van der Waals surface area contributed by atoms with E-state index < -0.39 is 6.09 Å². The molecule has 3 N–H and O–H groups in total. The van der Waals surface area contributed by atoms with Gasteiger partial charge in [0.2, 0.25) is 0 Å². The summed E-state index contributed by atoms with van der Waals surface area (Å²) in [5, 5.41) is 3.01. The van der Waals surface area contributed by atoms with Crippen molar-refractivity contribution in [3.8, 4) is 0 Å². The van der Waals surface area contributed by atoms with Gasteiger partial charge in [-0.05, 0) is 49.8 Å². The smallest absolute Gasteiger partial charge is 0.407 e. The minimum Gasteiger partial charge on any atom is -0.444 e. The maximum Gasteiger partial charge on any atom is 0.407 e. The standard InChI is InChI=1S/C24H31N3O2S/c1-26-17-23(30-2)18-29-24(28)27-22(16-20-11-7-4-8-12-20)14-13-21(25)15-19-9-5-3-6-10-19/h3-12,17,21-22H,1,13-16,18,25H2,2H3,(H,27,28)/b23-17-. The van der Waals surface area contributed by atoms with Crippen LogP contribution in [0.5, 0.6) is 0 Å². The van der Waals surface area contributed by atoms with Crippen molar-refractivity contribution in [3.05, 3.63) is 82.9 Å². The van der Waals surface area contributed by atoms with E-state index in [0.717, 1.165) is 30.6 Å². The highest BCUT2D eigenvalue weighted by molar-refractivity contribution is 8.02. The van der Waals surface area contributed by atoms with Gasteiger partial charge in [-0.15, -0.1) is 11.8 Å². The first kappa shape index (κ1) is 23.7. The molecule has 6 heteroatoms. The van der Waals surface area contributed by atoms with E-state index in [1.807, 2.05) is 42.7 Å². The summed E-state index contributed by atoms with van der Waals surface area (Å²) >= 11 is 1.48. The van der Waals surface area contributed by atoms with Crippen LogP contribution in [0.2, 0.25) is 0 Å². The molecule has 2 unspecified atom stereocenters. The topological polar surface area (TPSA) is 76.7 Å². The minimum absolute atomic E-state index is 0.0354. The van der Waals surface area contributed by atoms with Crippen molar-refractivity contribution in [1.29, 1.82) is 0 Å². The molecule has 0 spiro atoms. The molecule has 160 valence electrons. The third-order valence-electron chi connectivity index (χ3n) is 4.72. The molecule has 2 aromatic rings. The number of nitrogens with zero attached hydrogens (tertiary/aromatic N) is 1. The second kappa shape index (κ2) is 13.6. The van der Waals surface area contributed by atoms with Gasteiger partial charge in [-0.1, -0.05) is 60.7 Å². The zero-order valence-electron chi connectivity index (χ0n) is 17.5. The van der Waals surface area contributed by atoms with Gasteiger partial charge in [-0.3, -0.25) is 4.99 Å². The Hall–Kier alpha value is -2.57. The average Bonchev–Trinajstić information content (AvgIpc) is 2.76. The number of aliphatic imine (C=N–C) groups is 1. The number of nitrogens with two attached hydrogens (primary N) is 1. The van der Waals surface area contributed by atoms with E-state index in [0.29, 0.717) is 0 Å². The fourth-order valence-corrected chi connectivity index (χ4v) is 3.51. The molecule has 0 radical (unpaired) electrons. The molecule has 2 aromatic carbocycles. The summed E-state index contributed by atoms with van der Waals surface area (Å²) in [7, 11) is 0. The number of hydrogen-bond acceptors (Lipinski definition) is 5. The monoisotopic (exact) mass is 425 g/mol. The molecule has 0 aliphatic heterocycles. The number of nitrogens with one attached hydrogen (secondary N) is 1. The van der Waals surface area contributed by atoms with Crippen LogP contribution in [0.4, 0.5) is 4.79 Å². The Morgan fingerprint density at radius 3 is 2.27 bits per heavy atom. The predicted octanol–water partition coefficient (Wildman–Crippen LogP) is 4.58. The molecular weight excluding hydrogens is 394 g/mol. The van der Waals surface area contributed by atoms with Gasteiger partial charge in [0.25, 0.3) is 0 Å². The molecule has 0 aromatic heterocycles. The molecule has 5 nitrogen and oxygen atoms in total. The van der Waals surface area contributed by atoms with Gasteiger partial charge in [-0.2, -0.15) is 0 Å². The van der Waals surface area contributed by atoms with E-state index in [2.05, 4.69) is 41.3 Å². The average molecular weight is 426 g/mol. The zero-order chi connectivity index (χ0) is 21.6. The number of benzene rings is 2. The number of alkyl carbamates (subject to hydrolysis) is 1. The first-order valence-electron chi connectivity index (χ1n) is 10.1. The molecule has 0 aliphatic rings. The number of hydrogen-bond donors (Lipinski definition) is 2. The quantitative estimate of drug-likeness (QED) is 0.488. The van der Waals surface area contributed by atoms with E-state index in [9.17, 15) is 4.79 Å². The summed E-state index contributed by atoms with van der Waals surface area (Å²) < 4.78 is 5.36. The lowest BCUT2D eigenvalue weighted by atomic mass is 9.96. The molecule has 0 heterocycles. The van der Waals surface area contributed by atoms with Crippen LogP contribution in [-0.4, -0.2) is 37.8 Å². The second-order valence-corrected chi connectivity index (χ2v) is 8.05. The molecule has 0 aliphatic carbocycles. The molecule has 0 saturated heterocycles. The zero-order valence-corrected chi connectivity index (χ0v) is 18.3. The van der Waals surface area contributed by atoms with Gasteiger partial charge < -0.3 is 15.8 Å². The Balaban J connectivity index is 1.91. The lowest BCUT2D eigenvalue weighted by Gasteiger charge is -2.21. The van der Waals surface area contributed by atoms with Crippen LogP contribution < -0.4 is 11.1 Å². The lowest BCUT2D eigenvalue weighted by molar-refractivity contribution is 0.152. The Labute approximate surface area is 183 Å². The van der Waals surface area contributed by atoms with E-state index in [-0.39, 0.29) is 18.7 Å². The van der Waals surface area contributed by atoms with Crippen LogP contribution in [0, 0.1) is 0 Å². The molecule has 30 heavy (non-hydrogen) atoms. The van der Waals surface area contributed by atoms with Gasteiger partial charge in [-0.25, -0.2) is 4.79 Å². The fraction of sp³-hybridized carbons (Fsp3) is 0.333. The Kier molecular flexibility index (Phi) is 10.8.